The first-order chi connectivity index (χ1) is 20.9. The highest BCUT2D eigenvalue weighted by molar-refractivity contribution is 7.99. The lowest BCUT2D eigenvalue weighted by Gasteiger charge is -2.12. The molecule has 0 radical (unpaired) electrons. The average Bonchev–Trinajstić information content (AvgIpc) is 3.61. The van der Waals surface area contributed by atoms with E-state index in [4.69, 9.17) is 23.2 Å². The Hall–Kier alpha value is -4.10. The van der Waals surface area contributed by atoms with Crippen LogP contribution in [0.1, 0.15) is 39.2 Å². The van der Waals surface area contributed by atoms with Gasteiger partial charge in [0.15, 0.2) is 5.82 Å². The summed E-state index contributed by atoms with van der Waals surface area (Å²) in [5.41, 5.74) is 3.16. The molecule has 6 rings (SSSR count). The van der Waals surface area contributed by atoms with Gasteiger partial charge < -0.3 is 5.32 Å². The summed E-state index contributed by atoms with van der Waals surface area (Å²) in [7, 11) is 0. The molecule has 3 aromatic heterocycles. The molecule has 216 valence electrons. The summed E-state index contributed by atoms with van der Waals surface area (Å²) in [6.07, 6.45) is 8.54. The number of nitro benzene ring substituents is 1. The molecule has 0 bridgehead atoms. The van der Waals surface area contributed by atoms with Crippen LogP contribution in [0.2, 0.25) is 10.0 Å². The van der Waals surface area contributed by atoms with E-state index in [1.54, 1.807) is 61.1 Å². The molecule has 14 heteroatoms. The number of carbonyl (C=O) groups excluding carboxylic acids is 1. The van der Waals surface area contributed by atoms with Crippen LogP contribution in [0.4, 0.5) is 16.4 Å². The minimum atomic E-state index is -0.458. The zero-order valence-electron chi connectivity index (χ0n) is 22.2. The van der Waals surface area contributed by atoms with Crippen LogP contribution >= 0.6 is 46.3 Å². The van der Waals surface area contributed by atoms with Crippen LogP contribution in [-0.2, 0) is 12.8 Å². The third kappa shape index (κ3) is 6.47. The molecule has 0 atom stereocenters. The van der Waals surface area contributed by atoms with Crippen molar-refractivity contribution in [2.45, 2.75) is 35.7 Å². The molecule has 2 aromatic carbocycles. The van der Waals surface area contributed by atoms with Gasteiger partial charge in [-0.2, -0.15) is 0 Å². The fraction of sp³-hybridized carbons (Fsp3) is 0.138. The zero-order valence-corrected chi connectivity index (χ0v) is 25.4. The van der Waals surface area contributed by atoms with Crippen molar-refractivity contribution in [2.75, 3.05) is 5.32 Å². The molecule has 1 aliphatic carbocycles. The van der Waals surface area contributed by atoms with E-state index in [9.17, 15) is 14.9 Å². The first kappa shape index (κ1) is 29.0. The average molecular weight is 651 g/mol. The Morgan fingerprint density at radius 1 is 1.16 bits per heavy atom. The molecule has 0 saturated carbocycles. The van der Waals surface area contributed by atoms with Gasteiger partial charge >= 0.3 is 0 Å². The second-order valence-electron chi connectivity index (χ2n) is 9.52. The third-order valence-electron chi connectivity index (χ3n) is 6.66. The van der Waals surface area contributed by atoms with E-state index in [1.807, 2.05) is 0 Å². The van der Waals surface area contributed by atoms with Crippen LogP contribution in [-0.4, -0.2) is 37.2 Å². The van der Waals surface area contributed by atoms with E-state index in [1.165, 1.54) is 17.4 Å². The number of anilines is 1. The Bertz CT molecular complexity index is 1880. The summed E-state index contributed by atoms with van der Waals surface area (Å²) < 4.78 is 0. The fourth-order valence-corrected chi connectivity index (χ4v) is 7.20. The van der Waals surface area contributed by atoms with Gasteiger partial charge in [-0.3, -0.25) is 25.0 Å². The smallest absolute Gasteiger partial charge is 0.283 e. The van der Waals surface area contributed by atoms with Gasteiger partial charge in [0.25, 0.3) is 11.6 Å². The number of halogens is 2. The van der Waals surface area contributed by atoms with E-state index in [0.29, 0.717) is 53.3 Å². The van der Waals surface area contributed by atoms with Crippen molar-refractivity contribution in [1.29, 1.82) is 0 Å². The molecule has 3 heterocycles. The number of nitrogens with zero attached hydrogens (tertiary/aromatic N) is 5. The van der Waals surface area contributed by atoms with Gasteiger partial charge in [-0.05, 0) is 85.0 Å². The number of nitro groups is 1. The Morgan fingerprint density at radius 2 is 2.02 bits per heavy atom. The topological polar surface area (TPSA) is 139 Å². The minimum Gasteiger partial charge on any atom is -0.320 e. The maximum atomic E-state index is 13.3. The number of nitrogens with one attached hydrogen (secondary N) is 2. The zero-order chi connectivity index (χ0) is 29.9. The summed E-state index contributed by atoms with van der Waals surface area (Å²) in [4.78, 5) is 39.5. The fourth-order valence-electron chi connectivity index (χ4n) is 4.68. The molecule has 1 aliphatic rings. The third-order valence-corrected chi connectivity index (χ3v) is 9.34. The minimum absolute atomic E-state index is 0.121. The number of hydrogen-bond acceptors (Lipinski definition) is 9. The second kappa shape index (κ2) is 12.6. The summed E-state index contributed by atoms with van der Waals surface area (Å²) in [6.45, 7) is 0. The largest absolute Gasteiger partial charge is 0.320 e. The number of aromatic amines is 1. The highest BCUT2D eigenvalue weighted by Gasteiger charge is 2.25. The van der Waals surface area contributed by atoms with Gasteiger partial charge in [-0.1, -0.05) is 29.3 Å². The SMILES string of the molecule is O=C(Nc1cccnc1)c1c(N=Cc2ccc(Sc3n[nH]c(-c4ccc(Cl)cc4Cl)n3)c([N+](=O)[O-])c2)sc2c1CCCC2. The van der Waals surface area contributed by atoms with Crippen LogP contribution in [0.3, 0.4) is 0 Å². The van der Waals surface area contributed by atoms with Crippen molar-refractivity contribution >= 4 is 74.8 Å². The number of thiophene rings is 1. The summed E-state index contributed by atoms with van der Waals surface area (Å²) >= 11 is 14.8. The van der Waals surface area contributed by atoms with Crippen molar-refractivity contribution in [3.63, 3.8) is 0 Å². The van der Waals surface area contributed by atoms with Gasteiger partial charge in [0, 0.05) is 33.9 Å². The Balaban J connectivity index is 1.26. The van der Waals surface area contributed by atoms with Crippen molar-refractivity contribution in [1.82, 2.24) is 20.2 Å². The van der Waals surface area contributed by atoms with Crippen LogP contribution in [0.15, 0.2) is 76.0 Å². The number of carbonyl (C=O) groups is 1. The number of H-pyrrole nitrogens is 1. The van der Waals surface area contributed by atoms with E-state index < -0.39 is 4.92 Å². The Labute approximate surface area is 263 Å². The summed E-state index contributed by atoms with van der Waals surface area (Å²) in [5.74, 6) is 0.167. The molecule has 2 N–H and O–H groups in total. The Kier molecular flexibility index (Phi) is 8.52. The normalized spacial score (nSPS) is 12.8. The van der Waals surface area contributed by atoms with Gasteiger partial charge in [-0.25, -0.2) is 9.98 Å². The van der Waals surface area contributed by atoms with Gasteiger partial charge in [0.1, 0.15) is 5.00 Å². The van der Waals surface area contributed by atoms with Crippen molar-refractivity contribution in [2.24, 2.45) is 4.99 Å². The molecular formula is C29H21Cl2N7O3S2. The van der Waals surface area contributed by atoms with Crippen molar-refractivity contribution in [3.8, 4) is 11.4 Å². The first-order valence-electron chi connectivity index (χ1n) is 13.1. The number of pyridine rings is 1. The Morgan fingerprint density at radius 3 is 2.81 bits per heavy atom. The molecule has 0 fully saturated rings. The molecule has 0 unspecified atom stereocenters. The van der Waals surface area contributed by atoms with Crippen LogP contribution < -0.4 is 5.32 Å². The maximum Gasteiger partial charge on any atom is 0.283 e. The van der Waals surface area contributed by atoms with E-state index in [-0.39, 0.29) is 11.6 Å². The predicted molar refractivity (Wildman–Crippen MR) is 169 cm³/mol. The number of aromatic nitrogens is 4. The second-order valence-corrected chi connectivity index (χ2v) is 12.5. The number of aliphatic imine (C=N–C) groups is 1. The van der Waals surface area contributed by atoms with E-state index >= 15 is 0 Å². The van der Waals surface area contributed by atoms with Crippen LogP contribution in [0, 0.1) is 10.1 Å². The lowest BCUT2D eigenvalue weighted by Crippen LogP contribution is -2.14. The molecule has 0 saturated heterocycles. The monoisotopic (exact) mass is 649 g/mol. The quantitative estimate of drug-likeness (QED) is 0.0981. The highest BCUT2D eigenvalue weighted by atomic mass is 35.5. The van der Waals surface area contributed by atoms with Gasteiger partial charge in [0.05, 0.1) is 32.3 Å². The molecule has 43 heavy (non-hydrogen) atoms. The van der Waals surface area contributed by atoms with Crippen molar-refractivity contribution < 1.29 is 9.72 Å². The van der Waals surface area contributed by atoms with Crippen LogP contribution in [0.25, 0.3) is 11.4 Å². The highest BCUT2D eigenvalue weighted by Crippen LogP contribution is 2.41. The number of hydrogen-bond donors (Lipinski definition) is 2. The maximum absolute atomic E-state index is 13.3. The number of fused-ring (bicyclic) bond motifs is 1. The lowest BCUT2D eigenvalue weighted by molar-refractivity contribution is -0.387. The standard InChI is InChI=1S/C29H21Cl2N7O3S2/c30-17-8-9-19(21(31)13-17)26-35-29(37-36-26)43-24-10-7-16(12-22(24)38(40)41)14-33-28-25(20-5-1-2-6-23(20)42-28)27(39)34-18-4-3-11-32-15-18/h3-4,7-15H,1-2,5-6H2,(H,34,39)(H,35,36,37). The summed E-state index contributed by atoms with van der Waals surface area (Å²) in [5, 5.41) is 23.7. The lowest BCUT2D eigenvalue weighted by atomic mass is 9.95. The van der Waals surface area contributed by atoms with E-state index in [2.05, 4.69) is 30.5 Å². The van der Waals surface area contributed by atoms with Crippen LogP contribution in [0.5, 0.6) is 0 Å². The first-order valence-corrected chi connectivity index (χ1v) is 15.5. The summed E-state index contributed by atoms with van der Waals surface area (Å²) in [6, 6.07) is 13.3. The number of rotatable bonds is 8. The van der Waals surface area contributed by atoms with Gasteiger partial charge in [-0.15, -0.1) is 16.4 Å². The number of aryl methyl sites for hydroxylation is 1. The number of benzene rings is 2. The molecule has 0 aliphatic heterocycles. The van der Waals surface area contributed by atoms with Gasteiger partial charge in [0.2, 0.25) is 5.16 Å². The molecule has 0 spiro atoms. The van der Waals surface area contributed by atoms with E-state index in [0.717, 1.165) is 47.9 Å². The molecular weight excluding hydrogens is 629 g/mol. The molecule has 10 nitrogen and oxygen atoms in total. The molecule has 1 amide bonds. The predicted octanol–water partition coefficient (Wildman–Crippen LogP) is 8.18. The molecule has 5 aromatic rings. The van der Waals surface area contributed by atoms with Crippen molar-refractivity contribution in [3.05, 3.63) is 103 Å². The number of amides is 1.